The molecule has 0 spiro atoms. The minimum atomic E-state index is 0.911. The normalized spacial score (nSPS) is 12.8. The summed E-state index contributed by atoms with van der Waals surface area (Å²) >= 11 is 0. The maximum Gasteiger partial charge on any atom is 0.151 e. The Hall–Kier alpha value is -3.00. The van der Waals surface area contributed by atoms with Gasteiger partial charge in [0.15, 0.2) is 11.5 Å². The predicted molar refractivity (Wildman–Crippen MR) is 96.0 cm³/mol. The summed E-state index contributed by atoms with van der Waals surface area (Å²) in [4.78, 5) is 2.22. The van der Waals surface area contributed by atoms with Gasteiger partial charge in [-0.25, -0.2) is 0 Å². The molecule has 0 unspecified atom stereocenters. The van der Waals surface area contributed by atoms with Crippen LogP contribution >= 0.6 is 0 Å². The second-order valence-electron chi connectivity index (χ2n) is 6.00. The van der Waals surface area contributed by atoms with Gasteiger partial charge in [-0.15, -0.1) is 0 Å². The SMILES string of the molecule is CN1c2cc3ccccc3cc2Oc2cc3ccccc3cc21. The van der Waals surface area contributed by atoms with Crippen LogP contribution in [0.2, 0.25) is 0 Å². The van der Waals surface area contributed by atoms with Gasteiger partial charge in [-0.05, 0) is 45.8 Å². The minimum absolute atomic E-state index is 0.911. The summed E-state index contributed by atoms with van der Waals surface area (Å²) in [5.74, 6) is 1.82. The highest BCUT2D eigenvalue weighted by atomic mass is 16.5. The lowest BCUT2D eigenvalue weighted by atomic mass is 10.0. The van der Waals surface area contributed by atoms with Crippen LogP contribution < -0.4 is 9.64 Å². The standard InChI is InChI=1S/C21H15NO/c1-22-18-10-14-6-2-4-8-16(14)12-20(18)23-21-13-17-9-5-3-7-15(17)11-19(21)22/h2-13H,1H3. The zero-order valence-electron chi connectivity index (χ0n) is 12.8. The summed E-state index contributed by atoms with van der Waals surface area (Å²) in [5, 5.41) is 4.85. The number of nitrogens with zero attached hydrogens (tertiary/aromatic N) is 1. The van der Waals surface area contributed by atoms with Gasteiger partial charge < -0.3 is 9.64 Å². The minimum Gasteiger partial charge on any atom is -0.453 e. The van der Waals surface area contributed by atoms with Crippen LogP contribution in [0.5, 0.6) is 11.5 Å². The molecule has 0 fully saturated rings. The van der Waals surface area contributed by atoms with E-state index in [0.29, 0.717) is 0 Å². The van der Waals surface area contributed by atoms with E-state index >= 15 is 0 Å². The molecule has 1 aliphatic heterocycles. The number of hydrogen-bond donors (Lipinski definition) is 0. The Balaban J connectivity index is 1.76. The van der Waals surface area contributed by atoms with Crippen LogP contribution in [-0.2, 0) is 0 Å². The molecule has 110 valence electrons. The van der Waals surface area contributed by atoms with E-state index in [9.17, 15) is 0 Å². The summed E-state index contributed by atoms with van der Waals surface area (Å²) in [7, 11) is 2.10. The highest BCUT2D eigenvalue weighted by molar-refractivity contribution is 5.95. The molecule has 4 aromatic rings. The topological polar surface area (TPSA) is 12.5 Å². The third kappa shape index (κ3) is 1.82. The number of ether oxygens (including phenoxy) is 1. The van der Waals surface area contributed by atoms with Crippen LogP contribution in [0.3, 0.4) is 0 Å². The Morgan fingerprint density at radius 3 is 1.43 bits per heavy atom. The van der Waals surface area contributed by atoms with Crippen molar-refractivity contribution in [2.24, 2.45) is 0 Å². The van der Waals surface area contributed by atoms with Crippen LogP contribution in [0, 0.1) is 0 Å². The molecule has 2 heteroatoms. The van der Waals surface area contributed by atoms with Crippen molar-refractivity contribution in [1.82, 2.24) is 0 Å². The molecule has 0 amide bonds. The van der Waals surface area contributed by atoms with Crippen LogP contribution in [0.1, 0.15) is 0 Å². The Labute approximate surface area is 134 Å². The number of fused-ring (bicyclic) bond motifs is 4. The molecule has 0 aliphatic carbocycles. The zero-order valence-corrected chi connectivity index (χ0v) is 12.8. The van der Waals surface area contributed by atoms with Gasteiger partial charge >= 0.3 is 0 Å². The summed E-state index contributed by atoms with van der Waals surface area (Å²) in [6.45, 7) is 0. The van der Waals surface area contributed by atoms with E-state index in [1.54, 1.807) is 0 Å². The summed E-state index contributed by atoms with van der Waals surface area (Å²) < 4.78 is 6.22. The van der Waals surface area contributed by atoms with Gasteiger partial charge in [0.2, 0.25) is 0 Å². The molecular formula is C21H15NO. The highest BCUT2D eigenvalue weighted by Crippen LogP contribution is 2.48. The third-order valence-electron chi connectivity index (χ3n) is 4.60. The fourth-order valence-corrected chi connectivity index (χ4v) is 3.35. The Morgan fingerprint density at radius 1 is 0.609 bits per heavy atom. The second kappa shape index (κ2) is 4.50. The molecule has 4 aromatic carbocycles. The molecule has 0 N–H and O–H groups in total. The highest BCUT2D eigenvalue weighted by Gasteiger charge is 2.22. The van der Waals surface area contributed by atoms with Gasteiger partial charge in [0, 0.05) is 7.05 Å². The third-order valence-corrected chi connectivity index (χ3v) is 4.60. The number of anilines is 2. The molecule has 2 nitrogen and oxygen atoms in total. The molecule has 0 saturated heterocycles. The van der Waals surface area contributed by atoms with E-state index < -0.39 is 0 Å². The molecule has 0 bridgehead atoms. The van der Waals surface area contributed by atoms with Crippen molar-refractivity contribution in [3.05, 3.63) is 72.8 Å². The molecular weight excluding hydrogens is 282 g/mol. The predicted octanol–water partition coefficient (Wildman–Crippen LogP) is 5.87. The fourth-order valence-electron chi connectivity index (χ4n) is 3.35. The lowest BCUT2D eigenvalue weighted by Crippen LogP contribution is -2.15. The largest absolute Gasteiger partial charge is 0.453 e. The van der Waals surface area contributed by atoms with E-state index in [1.807, 2.05) is 0 Å². The summed E-state index contributed by atoms with van der Waals surface area (Å²) in [6.07, 6.45) is 0. The van der Waals surface area contributed by atoms with Gasteiger partial charge in [0.05, 0.1) is 11.4 Å². The lowest BCUT2D eigenvalue weighted by Gasteiger charge is -2.30. The van der Waals surface area contributed by atoms with E-state index in [0.717, 1.165) is 22.9 Å². The van der Waals surface area contributed by atoms with Crippen LogP contribution in [0.4, 0.5) is 11.4 Å². The Kier molecular flexibility index (Phi) is 2.45. The van der Waals surface area contributed by atoms with E-state index in [2.05, 4.69) is 84.7 Å². The smallest absolute Gasteiger partial charge is 0.151 e. The molecule has 0 atom stereocenters. The molecule has 5 rings (SSSR count). The molecule has 0 saturated carbocycles. The quantitative estimate of drug-likeness (QED) is 0.402. The first-order valence-corrected chi connectivity index (χ1v) is 7.77. The van der Waals surface area contributed by atoms with E-state index in [-0.39, 0.29) is 0 Å². The van der Waals surface area contributed by atoms with Crippen molar-refractivity contribution in [3.8, 4) is 11.5 Å². The molecule has 0 aromatic heterocycles. The first kappa shape index (κ1) is 12.5. The Morgan fingerprint density at radius 2 is 1.00 bits per heavy atom. The second-order valence-corrected chi connectivity index (χ2v) is 6.00. The van der Waals surface area contributed by atoms with Crippen LogP contribution in [0.25, 0.3) is 21.5 Å². The maximum atomic E-state index is 6.22. The zero-order chi connectivity index (χ0) is 15.4. The summed E-state index contributed by atoms with van der Waals surface area (Å²) in [6, 6.07) is 25.4. The van der Waals surface area contributed by atoms with Gasteiger partial charge in [-0.1, -0.05) is 48.5 Å². The molecule has 23 heavy (non-hydrogen) atoms. The monoisotopic (exact) mass is 297 g/mol. The first-order valence-electron chi connectivity index (χ1n) is 7.77. The van der Waals surface area contributed by atoms with Crippen molar-refractivity contribution >= 4 is 32.9 Å². The van der Waals surface area contributed by atoms with Gasteiger partial charge in [-0.3, -0.25) is 0 Å². The van der Waals surface area contributed by atoms with Crippen LogP contribution in [-0.4, -0.2) is 7.05 Å². The molecule has 0 radical (unpaired) electrons. The van der Waals surface area contributed by atoms with Crippen LogP contribution in [0.15, 0.2) is 72.8 Å². The summed E-state index contributed by atoms with van der Waals surface area (Å²) in [5.41, 5.74) is 2.21. The average Bonchev–Trinajstić information content (AvgIpc) is 2.59. The van der Waals surface area contributed by atoms with E-state index in [1.165, 1.54) is 21.5 Å². The van der Waals surface area contributed by atoms with Gasteiger partial charge in [-0.2, -0.15) is 0 Å². The van der Waals surface area contributed by atoms with E-state index in [4.69, 9.17) is 4.74 Å². The van der Waals surface area contributed by atoms with Gasteiger partial charge in [0.25, 0.3) is 0 Å². The van der Waals surface area contributed by atoms with Gasteiger partial charge in [0.1, 0.15) is 0 Å². The van der Waals surface area contributed by atoms with Crippen molar-refractivity contribution in [3.63, 3.8) is 0 Å². The number of hydrogen-bond acceptors (Lipinski definition) is 2. The van der Waals surface area contributed by atoms with Crippen molar-refractivity contribution in [1.29, 1.82) is 0 Å². The van der Waals surface area contributed by atoms with Crippen molar-refractivity contribution in [2.45, 2.75) is 0 Å². The van der Waals surface area contributed by atoms with Crippen molar-refractivity contribution in [2.75, 3.05) is 11.9 Å². The molecule has 1 heterocycles. The lowest BCUT2D eigenvalue weighted by molar-refractivity contribution is 0.477. The first-order chi connectivity index (χ1) is 11.3. The average molecular weight is 297 g/mol. The fraction of sp³-hybridized carbons (Fsp3) is 0.0476. The number of benzene rings is 4. The maximum absolute atomic E-state index is 6.22. The van der Waals surface area contributed by atoms with Crippen molar-refractivity contribution < 1.29 is 4.74 Å². The molecule has 1 aliphatic rings. The Bertz CT molecular complexity index is 983. The number of rotatable bonds is 0.